The molecule has 0 aromatic carbocycles. The van der Waals surface area contributed by atoms with E-state index in [1.807, 2.05) is 83.1 Å². The van der Waals surface area contributed by atoms with Crippen LogP contribution in [0.1, 0.15) is 171 Å². The highest BCUT2D eigenvalue weighted by Gasteiger charge is 2.76. The molecule has 0 bridgehead atoms. The molecule has 0 N–H and O–H groups in total. The molecule has 9 heteroatoms. The van der Waals surface area contributed by atoms with Gasteiger partial charge in [-0.1, -0.05) is 83.1 Å². The molecule has 0 aliphatic rings. The van der Waals surface area contributed by atoms with Crippen LogP contribution in [0.4, 0.5) is 0 Å². The van der Waals surface area contributed by atoms with E-state index >= 15 is 0 Å². The Morgan fingerprint density at radius 2 is 0.578 bits per heavy atom. The van der Waals surface area contributed by atoms with Crippen LogP contribution in [0, 0.1) is 35.5 Å². The Kier molecular flexibility index (Phi) is 17.1. The Bertz CT molecular complexity index is 793. The molecule has 0 aromatic heterocycles. The van der Waals surface area contributed by atoms with Crippen molar-refractivity contribution in [3.8, 4) is 0 Å². The predicted molar refractivity (Wildman–Crippen MR) is 193 cm³/mol. The van der Waals surface area contributed by atoms with E-state index in [0.29, 0.717) is 38.5 Å². The summed E-state index contributed by atoms with van der Waals surface area (Å²) in [5.41, 5.74) is 0. The summed E-state index contributed by atoms with van der Waals surface area (Å²) in [5.74, 6) is 0.914. The van der Waals surface area contributed by atoms with E-state index in [-0.39, 0.29) is 76.9 Å². The van der Waals surface area contributed by atoms with E-state index in [0.717, 1.165) is 0 Å². The molecule has 0 heterocycles. The summed E-state index contributed by atoms with van der Waals surface area (Å²) in [4.78, 5) is 6.22. The lowest BCUT2D eigenvalue weighted by atomic mass is 10.1. The van der Waals surface area contributed by atoms with Crippen LogP contribution in [0.15, 0.2) is 0 Å². The largest absolute Gasteiger partial charge is 0.605 e. The van der Waals surface area contributed by atoms with Gasteiger partial charge in [-0.2, -0.15) is 0 Å². The fourth-order valence-corrected chi connectivity index (χ4v) is 14.4. The molecular weight excluding hydrogens is 601 g/mol. The molecule has 7 nitrogen and oxygen atoms in total. The van der Waals surface area contributed by atoms with Crippen LogP contribution >= 0.6 is 0 Å². The highest BCUT2D eigenvalue weighted by Crippen LogP contribution is 2.37. The molecule has 0 fully saturated rings. The Hall–Kier alpha value is 0.154. The van der Waals surface area contributed by atoms with Gasteiger partial charge in [-0.15, -0.1) is 0 Å². The maximum atomic E-state index is 8.62. The third-order valence-corrected chi connectivity index (χ3v) is 15.2. The maximum Gasteiger partial charge on any atom is 0.605 e. The van der Waals surface area contributed by atoms with Crippen molar-refractivity contribution in [3.63, 3.8) is 0 Å². The lowest BCUT2D eigenvalue weighted by Gasteiger charge is -2.46. The molecule has 0 aromatic rings. The van der Waals surface area contributed by atoms with Crippen molar-refractivity contribution in [1.82, 2.24) is 0 Å². The number of rotatable bonds is 26. The van der Waals surface area contributed by atoms with Gasteiger partial charge >= 0.3 is 16.6 Å². The van der Waals surface area contributed by atoms with Gasteiger partial charge in [-0.25, -0.2) is 9.46 Å². The van der Waals surface area contributed by atoms with Crippen molar-refractivity contribution in [1.29, 1.82) is 0 Å². The van der Waals surface area contributed by atoms with E-state index in [9.17, 15) is 0 Å². The average Bonchev–Trinajstić information content (AvgIpc) is 3.03. The summed E-state index contributed by atoms with van der Waals surface area (Å²) in [6.45, 7) is 23.8. The van der Waals surface area contributed by atoms with Gasteiger partial charge in [0.2, 0.25) is 0 Å². The molecule has 0 saturated carbocycles. The van der Waals surface area contributed by atoms with Gasteiger partial charge in [0.25, 0.3) is 0 Å². The zero-order chi connectivity index (χ0) is 39.4. The third-order valence-electron chi connectivity index (χ3n) is 6.68. The van der Waals surface area contributed by atoms with Crippen LogP contribution in [-0.2, 0) is 31.6 Å². The van der Waals surface area contributed by atoms with Gasteiger partial charge in [0.1, 0.15) is 0 Å². The Labute approximate surface area is 291 Å². The van der Waals surface area contributed by atoms with Crippen LogP contribution in [0.2, 0.25) is 0 Å². The smallest absolute Gasteiger partial charge is 0.368 e. The first kappa shape index (κ1) is 35.0. The zero-order valence-electron chi connectivity index (χ0n) is 37.3. The minimum Gasteiger partial charge on any atom is -0.368 e. The molecule has 45 heavy (non-hydrogen) atoms. The monoisotopic (exact) mass is 685 g/mol. The Morgan fingerprint density at radius 1 is 0.356 bits per heavy atom. The molecule has 0 saturated heterocycles. The average molecular weight is 685 g/mol. The minimum absolute atomic E-state index is 0.102. The fourth-order valence-electron chi connectivity index (χ4n) is 5.23. The zero-order valence-corrected chi connectivity index (χ0v) is 33.3. The molecular formula is C36H78O7Si2. The second-order valence-electron chi connectivity index (χ2n) is 15.4. The lowest BCUT2D eigenvalue weighted by Crippen LogP contribution is -2.77. The molecule has 0 spiro atoms. The second kappa shape index (κ2) is 22.0. The van der Waals surface area contributed by atoms with Crippen LogP contribution in [0.3, 0.4) is 0 Å². The van der Waals surface area contributed by atoms with Crippen molar-refractivity contribution in [2.24, 2.45) is 35.5 Å². The van der Waals surface area contributed by atoms with Gasteiger partial charge in [0.15, 0.2) is 0 Å². The standard InChI is InChI=1S/C36H78O7Si2/c1-25(2)19-31(13)37-43-45(41-35(17)23-29(9)10,42-36(18)24-30(11)12)44(38-32(14)20-26(3)4,39-33(15)21-27(5)6)40-34(16)22-28(7)8/h25-36H,19-24H2,1-18H3/i13D,14D,15D,16D,17D,18D. The van der Waals surface area contributed by atoms with Crippen molar-refractivity contribution in [2.45, 2.75) is 200 Å². The predicted octanol–water partition coefficient (Wildman–Crippen LogP) is 10.6. The Morgan fingerprint density at radius 3 is 0.800 bits per heavy atom. The summed E-state index contributed by atoms with van der Waals surface area (Å²) in [7, 11) is -9.37. The van der Waals surface area contributed by atoms with Crippen molar-refractivity contribution in [2.75, 3.05) is 0 Å². The van der Waals surface area contributed by atoms with Gasteiger partial charge in [0, 0.05) is 38.7 Å². The molecule has 0 radical (unpaired) electrons. The van der Waals surface area contributed by atoms with Gasteiger partial charge < -0.3 is 22.1 Å². The van der Waals surface area contributed by atoms with Gasteiger partial charge in [0.05, 0.1) is 6.10 Å². The SMILES string of the molecule is [2H]CC(CC(C)C)OO[Si](OC(C[2H])CC(C)C)(OC(C[2H])CC(C)C)[Si](OC(C[2H])CC(C)C)(OC(C[2H])CC(C)C)OC(C[2H])CC(C)C. The van der Waals surface area contributed by atoms with Crippen LogP contribution in [0.25, 0.3) is 0 Å². The normalized spacial score (nSPS) is 21.5. The summed E-state index contributed by atoms with van der Waals surface area (Å²) < 4.78 is 93.6. The first-order valence-corrected chi connectivity index (χ1v) is 21.8. The molecule has 6 atom stereocenters. The highest BCUT2D eigenvalue weighted by molar-refractivity contribution is 7.26. The van der Waals surface area contributed by atoms with Crippen molar-refractivity contribution >= 4 is 16.6 Å². The summed E-state index contributed by atoms with van der Waals surface area (Å²) in [5, 5.41) is 0. The Balaban J connectivity index is 8.39. The first-order chi connectivity index (χ1) is 23.8. The first-order valence-electron chi connectivity index (χ1n) is 21.6. The van der Waals surface area contributed by atoms with Crippen molar-refractivity contribution in [3.05, 3.63) is 0 Å². The molecule has 0 aliphatic heterocycles. The maximum absolute atomic E-state index is 8.62. The van der Waals surface area contributed by atoms with E-state index in [2.05, 4.69) is 0 Å². The third kappa shape index (κ3) is 19.1. The highest BCUT2D eigenvalue weighted by atomic mass is 29.3. The summed E-state index contributed by atoms with van der Waals surface area (Å²) in [6, 6.07) is 0. The topological polar surface area (TPSA) is 64.6 Å². The second-order valence-corrected chi connectivity index (χ2v) is 22.6. The number of hydrogen-bond donors (Lipinski definition) is 0. The van der Waals surface area contributed by atoms with E-state index in [1.54, 1.807) is 0 Å². The van der Waals surface area contributed by atoms with E-state index < -0.39 is 53.3 Å². The van der Waals surface area contributed by atoms with E-state index in [1.165, 1.54) is 0 Å². The summed E-state index contributed by atoms with van der Waals surface area (Å²) >= 11 is 0. The molecule has 0 aliphatic carbocycles. The molecule has 0 rings (SSSR count). The van der Waals surface area contributed by atoms with Gasteiger partial charge in [-0.3, -0.25) is 0 Å². The number of hydrogen-bond acceptors (Lipinski definition) is 7. The van der Waals surface area contributed by atoms with Crippen LogP contribution < -0.4 is 0 Å². The molecule has 0 amide bonds. The van der Waals surface area contributed by atoms with Crippen molar-refractivity contribution < 1.29 is 39.8 Å². The van der Waals surface area contributed by atoms with Gasteiger partial charge in [-0.05, 0) is 115 Å². The van der Waals surface area contributed by atoms with Crippen LogP contribution in [-0.4, -0.2) is 53.3 Å². The summed E-state index contributed by atoms with van der Waals surface area (Å²) in [6.07, 6.45) is -1.24. The fraction of sp³-hybridized carbons (Fsp3) is 1.00. The minimum atomic E-state index is -4.72. The lowest BCUT2D eigenvalue weighted by molar-refractivity contribution is -0.285. The van der Waals surface area contributed by atoms with E-state index in [4.69, 9.17) is 39.8 Å². The van der Waals surface area contributed by atoms with Crippen LogP contribution in [0.5, 0.6) is 0 Å². The molecule has 6 unspecified atom stereocenters. The molecule has 272 valence electrons. The quantitative estimate of drug-likeness (QED) is 0.0510.